The highest BCUT2D eigenvalue weighted by atomic mass is 32.2. The van der Waals surface area contributed by atoms with Gasteiger partial charge in [-0.2, -0.15) is 8.42 Å². The second-order valence-electron chi connectivity index (χ2n) is 5.04. The zero-order valence-electron chi connectivity index (χ0n) is 14.6. The van der Waals surface area contributed by atoms with Crippen molar-refractivity contribution in [2.45, 2.75) is 38.7 Å². The number of benzene rings is 1. The molecule has 0 N–H and O–H groups in total. The maximum atomic E-state index is 12.2. The average molecular weight is 394 g/mol. The summed E-state index contributed by atoms with van der Waals surface area (Å²) < 4.78 is 56.1. The van der Waals surface area contributed by atoms with E-state index in [1.807, 2.05) is 6.92 Å². The van der Waals surface area contributed by atoms with Gasteiger partial charge in [-0.3, -0.25) is 8.75 Å². The van der Waals surface area contributed by atoms with Gasteiger partial charge in [0, 0.05) is 0 Å². The zero-order valence-corrected chi connectivity index (χ0v) is 16.3. The zero-order chi connectivity index (χ0) is 19.1. The molecule has 142 valence electrons. The molecular formula is C15H23O8PS. The molecule has 0 aliphatic rings. The molecule has 0 aliphatic carbocycles. The van der Waals surface area contributed by atoms with Crippen molar-refractivity contribution < 1.29 is 35.7 Å². The number of esters is 1. The van der Waals surface area contributed by atoms with Crippen LogP contribution >= 0.6 is 7.60 Å². The Kier molecular flexibility index (Phi) is 8.24. The van der Waals surface area contributed by atoms with Crippen molar-refractivity contribution in [1.82, 2.24) is 0 Å². The van der Waals surface area contributed by atoms with Crippen molar-refractivity contribution in [1.29, 1.82) is 0 Å². The Hall–Kier alpha value is -1.25. The van der Waals surface area contributed by atoms with Crippen LogP contribution in [-0.4, -0.2) is 40.1 Å². The van der Waals surface area contributed by atoms with Crippen LogP contribution in [0.2, 0.25) is 0 Å². The second kappa shape index (κ2) is 9.45. The SMILES string of the molecule is CCOP(=O)(COC(=O)[C@H](C)OS(=O)(=O)c1ccc(C)cc1)OCC. The number of carbonyl (C=O) groups excluding carboxylic acids is 1. The van der Waals surface area contributed by atoms with E-state index in [-0.39, 0.29) is 18.1 Å². The highest BCUT2D eigenvalue weighted by molar-refractivity contribution is 7.86. The van der Waals surface area contributed by atoms with Crippen molar-refractivity contribution >= 4 is 23.7 Å². The summed E-state index contributed by atoms with van der Waals surface area (Å²) in [4.78, 5) is 11.8. The summed E-state index contributed by atoms with van der Waals surface area (Å²) in [5.41, 5.74) is 0.883. The molecule has 1 atom stereocenters. The molecule has 0 fully saturated rings. The lowest BCUT2D eigenvalue weighted by Crippen LogP contribution is -2.27. The number of hydrogen-bond acceptors (Lipinski definition) is 8. The first kappa shape index (κ1) is 21.8. The molecule has 0 bridgehead atoms. The molecule has 0 heterocycles. The average Bonchev–Trinajstić information content (AvgIpc) is 2.53. The Morgan fingerprint density at radius 3 is 2.12 bits per heavy atom. The molecule has 1 rings (SSSR count). The summed E-state index contributed by atoms with van der Waals surface area (Å²) in [5, 5.41) is 0. The molecular weight excluding hydrogens is 371 g/mol. The van der Waals surface area contributed by atoms with Crippen LogP contribution in [0.4, 0.5) is 0 Å². The molecule has 1 aromatic rings. The van der Waals surface area contributed by atoms with Crippen molar-refractivity contribution in [2.75, 3.05) is 19.6 Å². The van der Waals surface area contributed by atoms with Gasteiger partial charge in [-0.05, 0) is 39.8 Å². The van der Waals surface area contributed by atoms with E-state index >= 15 is 0 Å². The highest BCUT2D eigenvalue weighted by Crippen LogP contribution is 2.47. The first-order valence-electron chi connectivity index (χ1n) is 7.68. The number of rotatable bonds is 10. The minimum absolute atomic E-state index is 0.0768. The van der Waals surface area contributed by atoms with Crippen LogP contribution in [0.15, 0.2) is 29.2 Å². The van der Waals surface area contributed by atoms with E-state index in [0.29, 0.717) is 0 Å². The van der Waals surface area contributed by atoms with Gasteiger partial charge in [0.25, 0.3) is 10.1 Å². The van der Waals surface area contributed by atoms with Crippen LogP contribution in [-0.2, 0) is 37.4 Å². The molecule has 0 aromatic heterocycles. The molecule has 0 saturated heterocycles. The van der Waals surface area contributed by atoms with Crippen LogP contribution in [0.25, 0.3) is 0 Å². The first-order chi connectivity index (χ1) is 11.6. The van der Waals surface area contributed by atoms with Crippen LogP contribution in [0.1, 0.15) is 26.3 Å². The Morgan fingerprint density at radius 2 is 1.64 bits per heavy atom. The Balaban J connectivity index is 2.70. The third-order valence-electron chi connectivity index (χ3n) is 2.93. The Morgan fingerprint density at radius 1 is 1.12 bits per heavy atom. The molecule has 25 heavy (non-hydrogen) atoms. The van der Waals surface area contributed by atoms with Crippen LogP contribution < -0.4 is 0 Å². The maximum Gasteiger partial charge on any atom is 0.367 e. The first-order valence-corrected chi connectivity index (χ1v) is 10.8. The van der Waals surface area contributed by atoms with Crippen LogP contribution in [0.3, 0.4) is 0 Å². The maximum absolute atomic E-state index is 12.2. The van der Waals surface area contributed by atoms with Crippen molar-refractivity contribution in [3.8, 4) is 0 Å². The summed E-state index contributed by atoms with van der Waals surface area (Å²) in [6.45, 7) is 6.50. The second-order valence-corrected chi connectivity index (χ2v) is 8.61. The highest BCUT2D eigenvalue weighted by Gasteiger charge is 2.30. The van der Waals surface area contributed by atoms with E-state index in [1.54, 1.807) is 26.0 Å². The number of hydrogen-bond donors (Lipinski definition) is 0. The van der Waals surface area contributed by atoms with E-state index < -0.39 is 36.1 Å². The molecule has 1 aromatic carbocycles. The lowest BCUT2D eigenvalue weighted by Gasteiger charge is -2.18. The summed E-state index contributed by atoms with van der Waals surface area (Å²) in [6, 6.07) is 5.97. The molecule has 0 spiro atoms. The van der Waals surface area contributed by atoms with Gasteiger partial charge in [0.05, 0.1) is 18.1 Å². The fourth-order valence-corrected chi connectivity index (χ4v) is 4.09. The standard InChI is InChI=1S/C15H23O8PS/c1-5-21-24(17,22-6-2)11-20-15(16)13(4)23-25(18,19)14-9-7-12(3)8-10-14/h7-10,13H,5-6,11H2,1-4H3/t13-/m0/s1. The molecule has 8 nitrogen and oxygen atoms in total. The monoisotopic (exact) mass is 394 g/mol. The summed E-state index contributed by atoms with van der Waals surface area (Å²) in [5.74, 6) is -0.990. The van der Waals surface area contributed by atoms with Gasteiger partial charge in [0.1, 0.15) is 0 Å². The van der Waals surface area contributed by atoms with Gasteiger partial charge in [0.15, 0.2) is 12.5 Å². The third-order valence-corrected chi connectivity index (χ3v) is 6.07. The molecule has 0 saturated carbocycles. The molecule has 0 amide bonds. The van der Waals surface area contributed by atoms with E-state index in [0.717, 1.165) is 5.56 Å². The van der Waals surface area contributed by atoms with E-state index in [1.165, 1.54) is 19.1 Å². The summed E-state index contributed by atoms with van der Waals surface area (Å²) >= 11 is 0. The summed E-state index contributed by atoms with van der Waals surface area (Å²) in [6.07, 6.45) is -2.03. The van der Waals surface area contributed by atoms with E-state index in [2.05, 4.69) is 0 Å². The molecule has 0 unspecified atom stereocenters. The number of aryl methyl sites for hydroxylation is 1. The normalized spacial score (nSPS) is 13.4. The Labute approximate surface area is 148 Å². The quantitative estimate of drug-likeness (QED) is 0.339. The fraction of sp³-hybridized carbons (Fsp3) is 0.533. The number of ether oxygens (including phenoxy) is 1. The van der Waals surface area contributed by atoms with Crippen molar-refractivity contribution in [3.05, 3.63) is 29.8 Å². The smallest absolute Gasteiger partial charge is 0.367 e. The van der Waals surface area contributed by atoms with Gasteiger partial charge in [0.2, 0.25) is 0 Å². The van der Waals surface area contributed by atoms with E-state index in [9.17, 15) is 17.8 Å². The lowest BCUT2D eigenvalue weighted by molar-refractivity contribution is -0.149. The van der Waals surface area contributed by atoms with Gasteiger partial charge >= 0.3 is 13.6 Å². The molecule has 10 heteroatoms. The van der Waals surface area contributed by atoms with Crippen LogP contribution in [0.5, 0.6) is 0 Å². The predicted octanol–water partition coefficient (Wildman–Crippen LogP) is 2.86. The lowest BCUT2D eigenvalue weighted by atomic mass is 10.2. The Bertz CT molecular complexity index is 704. The fourth-order valence-electron chi connectivity index (χ4n) is 1.76. The van der Waals surface area contributed by atoms with E-state index in [4.69, 9.17) is 18.0 Å². The van der Waals surface area contributed by atoms with Crippen LogP contribution in [0, 0.1) is 6.92 Å². The topological polar surface area (TPSA) is 105 Å². The van der Waals surface area contributed by atoms with Crippen molar-refractivity contribution in [2.24, 2.45) is 0 Å². The minimum Gasteiger partial charge on any atom is -0.451 e. The molecule has 0 radical (unpaired) electrons. The molecule has 0 aliphatic heterocycles. The minimum atomic E-state index is -4.13. The largest absolute Gasteiger partial charge is 0.451 e. The van der Waals surface area contributed by atoms with Crippen molar-refractivity contribution in [3.63, 3.8) is 0 Å². The third kappa shape index (κ3) is 6.87. The van der Waals surface area contributed by atoms with Gasteiger partial charge in [-0.15, -0.1) is 0 Å². The predicted molar refractivity (Wildman–Crippen MR) is 90.7 cm³/mol. The van der Waals surface area contributed by atoms with Gasteiger partial charge < -0.3 is 13.8 Å². The number of carbonyl (C=O) groups is 1. The van der Waals surface area contributed by atoms with Gasteiger partial charge in [-0.25, -0.2) is 4.79 Å². The summed E-state index contributed by atoms with van der Waals surface area (Å²) in [7, 11) is -7.70. The van der Waals surface area contributed by atoms with Gasteiger partial charge in [-0.1, -0.05) is 17.7 Å².